The minimum Gasteiger partial charge on any atom is -0.387 e. The summed E-state index contributed by atoms with van der Waals surface area (Å²) >= 11 is 0. The number of aromatic nitrogens is 3. The molecule has 2 aromatic heterocycles. The predicted molar refractivity (Wildman–Crippen MR) is 69.4 cm³/mol. The van der Waals surface area contributed by atoms with Gasteiger partial charge in [-0.15, -0.1) is 0 Å². The van der Waals surface area contributed by atoms with Crippen LogP contribution in [0.1, 0.15) is 0 Å². The fourth-order valence-electron chi connectivity index (χ4n) is 1.39. The first-order valence-corrected chi connectivity index (χ1v) is 6.71. The molecule has 9 heteroatoms. The number of hydrogen-bond donors (Lipinski definition) is 3. The molecule has 0 saturated heterocycles. The Morgan fingerprint density at radius 3 is 2.68 bits per heavy atom. The summed E-state index contributed by atoms with van der Waals surface area (Å²) in [7, 11) is -2.22. The first kappa shape index (κ1) is 13.0. The lowest BCUT2D eigenvalue weighted by atomic mass is 10.4. The van der Waals surface area contributed by atoms with Crippen molar-refractivity contribution in [2.45, 2.75) is 4.90 Å². The van der Waals surface area contributed by atoms with Crippen molar-refractivity contribution in [1.82, 2.24) is 15.2 Å². The van der Waals surface area contributed by atoms with Gasteiger partial charge in [-0.25, -0.2) is 13.5 Å². The standard InChI is InChI=1S/C10H11N5O3S/c1-11-7-4-5-12-6-8(7)19(17,18)15-9-2-3-10(16)14-13-9/h2-6H,1H3,(H,11,12)(H,13,15)(H,14,16). The molecule has 100 valence electrons. The van der Waals surface area contributed by atoms with E-state index < -0.39 is 15.6 Å². The highest BCUT2D eigenvalue weighted by Gasteiger charge is 2.19. The van der Waals surface area contributed by atoms with Crippen molar-refractivity contribution in [3.8, 4) is 0 Å². The van der Waals surface area contributed by atoms with Crippen molar-refractivity contribution in [1.29, 1.82) is 0 Å². The van der Waals surface area contributed by atoms with E-state index in [9.17, 15) is 13.2 Å². The normalized spacial score (nSPS) is 11.0. The van der Waals surface area contributed by atoms with Crippen molar-refractivity contribution < 1.29 is 8.42 Å². The Morgan fingerprint density at radius 2 is 2.05 bits per heavy atom. The van der Waals surface area contributed by atoms with Crippen LogP contribution in [0.2, 0.25) is 0 Å². The molecule has 0 saturated carbocycles. The molecular formula is C10H11N5O3S. The zero-order valence-electron chi connectivity index (χ0n) is 9.91. The maximum absolute atomic E-state index is 12.1. The second-order valence-corrected chi connectivity index (χ2v) is 5.18. The minimum absolute atomic E-state index is 0.00880. The van der Waals surface area contributed by atoms with E-state index in [0.717, 1.165) is 0 Å². The molecular weight excluding hydrogens is 270 g/mol. The topological polar surface area (TPSA) is 117 Å². The summed E-state index contributed by atoms with van der Waals surface area (Å²) in [6.45, 7) is 0. The number of anilines is 2. The van der Waals surface area contributed by atoms with Gasteiger partial charge in [0.15, 0.2) is 5.82 Å². The van der Waals surface area contributed by atoms with Crippen LogP contribution in [0.15, 0.2) is 40.3 Å². The molecule has 0 unspecified atom stereocenters. The third-order valence-corrected chi connectivity index (χ3v) is 3.64. The molecule has 0 radical (unpaired) electrons. The quantitative estimate of drug-likeness (QED) is 0.726. The number of aromatic amines is 1. The van der Waals surface area contributed by atoms with Gasteiger partial charge in [-0.2, -0.15) is 5.10 Å². The fraction of sp³-hybridized carbons (Fsp3) is 0.100. The SMILES string of the molecule is CNc1ccncc1S(=O)(=O)Nc1ccc(=O)[nH]n1. The van der Waals surface area contributed by atoms with Crippen molar-refractivity contribution in [3.63, 3.8) is 0 Å². The number of H-pyrrole nitrogens is 1. The minimum atomic E-state index is -3.83. The second kappa shape index (κ2) is 5.06. The van der Waals surface area contributed by atoms with Gasteiger partial charge in [-0.1, -0.05) is 0 Å². The Balaban J connectivity index is 2.37. The van der Waals surface area contributed by atoms with E-state index in [4.69, 9.17) is 0 Å². The molecule has 0 fully saturated rings. The Labute approximate surface area is 109 Å². The van der Waals surface area contributed by atoms with Gasteiger partial charge in [0.1, 0.15) is 4.90 Å². The summed E-state index contributed by atoms with van der Waals surface area (Å²) in [4.78, 5) is 14.6. The zero-order valence-corrected chi connectivity index (χ0v) is 10.7. The molecule has 0 aliphatic heterocycles. The van der Waals surface area contributed by atoms with Gasteiger partial charge in [0, 0.05) is 25.5 Å². The summed E-state index contributed by atoms with van der Waals surface area (Å²) in [5.74, 6) is 0.0190. The summed E-state index contributed by atoms with van der Waals surface area (Å²) in [5.41, 5.74) is -0.00726. The van der Waals surface area contributed by atoms with Gasteiger partial charge in [-0.3, -0.25) is 14.5 Å². The first-order valence-electron chi connectivity index (χ1n) is 5.23. The number of rotatable bonds is 4. The van der Waals surface area contributed by atoms with Crippen LogP contribution in [0, 0.1) is 0 Å². The Kier molecular flexibility index (Phi) is 3.47. The van der Waals surface area contributed by atoms with Crippen LogP contribution in [0.4, 0.5) is 11.5 Å². The molecule has 2 heterocycles. The predicted octanol–water partition coefficient (Wildman–Crippen LogP) is 0.00740. The van der Waals surface area contributed by atoms with E-state index in [2.05, 4.69) is 25.2 Å². The third kappa shape index (κ3) is 2.88. The van der Waals surface area contributed by atoms with Gasteiger partial charge in [0.2, 0.25) is 0 Å². The van der Waals surface area contributed by atoms with Gasteiger partial charge < -0.3 is 5.32 Å². The van der Waals surface area contributed by atoms with Crippen LogP contribution in [-0.2, 0) is 10.0 Å². The molecule has 19 heavy (non-hydrogen) atoms. The van der Waals surface area contributed by atoms with Crippen molar-refractivity contribution in [2.24, 2.45) is 0 Å². The van der Waals surface area contributed by atoms with Crippen molar-refractivity contribution in [3.05, 3.63) is 40.9 Å². The zero-order chi connectivity index (χ0) is 13.9. The second-order valence-electron chi connectivity index (χ2n) is 3.53. The van der Waals surface area contributed by atoms with Crippen LogP contribution in [0.25, 0.3) is 0 Å². The molecule has 0 atom stereocenters. The van der Waals surface area contributed by atoms with Crippen LogP contribution in [0.3, 0.4) is 0 Å². The Morgan fingerprint density at radius 1 is 1.26 bits per heavy atom. The molecule has 0 spiro atoms. The molecule has 8 nitrogen and oxygen atoms in total. The highest BCUT2D eigenvalue weighted by Crippen LogP contribution is 2.20. The number of hydrogen-bond acceptors (Lipinski definition) is 6. The first-order chi connectivity index (χ1) is 9.03. The molecule has 0 aliphatic rings. The van der Waals surface area contributed by atoms with Gasteiger partial charge in [0.05, 0.1) is 5.69 Å². The maximum Gasteiger partial charge on any atom is 0.266 e. The van der Waals surface area contributed by atoms with Crippen LogP contribution in [-0.4, -0.2) is 30.6 Å². The number of nitrogens with one attached hydrogen (secondary N) is 3. The average Bonchev–Trinajstić information content (AvgIpc) is 2.41. The molecule has 0 aromatic carbocycles. The van der Waals surface area contributed by atoms with Gasteiger partial charge in [0.25, 0.3) is 15.6 Å². The van der Waals surface area contributed by atoms with E-state index in [1.54, 1.807) is 7.05 Å². The van der Waals surface area contributed by atoms with E-state index in [1.165, 1.54) is 30.6 Å². The van der Waals surface area contributed by atoms with Crippen LogP contribution >= 0.6 is 0 Å². The summed E-state index contributed by atoms with van der Waals surface area (Å²) in [5, 5.41) is 8.47. The third-order valence-electron chi connectivity index (χ3n) is 2.26. The van der Waals surface area contributed by atoms with E-state index in [0.29, 0.717) is 5.69 Å². The van der Waals surface area contributed by atoms with E-state index in [-0.39, 0.29) is 10.7 Å². The van der Waals surface area contributed by atoms with Crippen molar-refractivity contribution in [2.75, 3.05) is 17.1 Å². The summed E-state index contributed by atoms with van der Waals surface area (Å²) < 4.78 is 26.5. The maximum atomic E-state index is 12.1. The van der Waals surface area contributed by atoms with Crippen molar-refractivity contribution >= 4 is 21.5 Å². The summed E-state index contributed by atoms with van der Waals surface area (Å²) in [6.07, 6.45) is 2.70. The molecule has 0 aliphatic carbocycles. The van der Waals surface area contributed by atoms with Crippen LogP contribution in [0.5, 0.6) is 0 Å². The lowest BCUT2D eigenvalue weighted by Gasteiger charge is -2.10. The van der Waals surface area contributed by atoms with E-state index in [1.807, 2.05) is 0 Å². The molecule has 0 bridgehead atoms. The monoisotopic (exact) mass is 281 g/mol. The highest BCUT2D eigenvalue weighted by molar-refractivity contribution is 7.92. The lowest BCUT2D eigenvalue weighted by Crippen LogP contribution is -2.17. The van der Waals surface area contributed by atoms with E-state index >= 15 is 0 Å². The molecule has 0 amide bonds. The molecule has 2 aromatic rings. The van der Waals surface area contributed by atoms with Crippen LogP contribution < -0.4 is 15.6 Å². The number of pyridine rings is 1. The van der Waals surface area contributed by atoms with Gasteiger partial charge >= 0.3 is 0 Å². The molecule has 2 rings (SSSR count). The number of nitrogens with zero attached hydrogens (tertiary/aromatic N) is 2. The number of sulfonamides is 1. The highest BCUT2D eigenvalue weighted by atomic mass is 32.2. The smallest absolute Gasteiger partial charge is 0.266 e. The molecule has 3 N–H and O–H groups in total. The lowest BCUT2D eigenvalue weighted by molar-refractivity contribution is 0.601. The summed E-state index contributed by atoms with van der Waals surface area (Å²) in [6, 6.07) is 3.98. The Hall–Kier alpha value is -2.42. The Bertz CT molecular complexity index is 720. The van der Waals surface area contributed by atoms with Gasteiger partial charge in [-0.05, 0) is 12.1 Å². The fourth-order valence-corrected chi connectivity index (χ4v) is 2.55. The average molecular weight is 281 g/mol. The largest absolute Gasteiger partial charge is 0.387 e.